The maximum atomic E-state index is 10.2. The Labute approximate surface area is 135 Å². The molecule has 0 fully saturated rings. The first-order valence-corrected chi connectivity index (χ1v) is 8.34. The van der Waals surface area contributed by atoms with Crippen molar-refractivity contribution in [1.82, 2.24) is 0 Å². The molecular weight excluding hydrogens is 275 g/mol. The van der Waals surface area contributed by atoms with Crippen LogP contribution in [-0.4, -0.2) is 28.5 Å². The van der Waals surface area contributed by atoms with Crippen LogP contribution in [0.2, 0.25) is 0 Å². The van der Waals surface area contributed by atoms with Gasteiger partial charge in [-0.15, -0.1) is 0 Å². The highest BCUT2D eigenvalue weighted by Gasteiger charge is 2.39. The fourth-order valence-corrected chi connectivity index (χ4v) is 2.10. The Morgan fingerprint density at radius 1 is 1.00 bits per heavy atom. The third kappa shape index (κ3) is 5.75. The Balaban J connectivity index is 2.59. The van der Waals surface area contributed by atoms with E-state index in [-0.39, 0.29) is 0 Å². The number of rotatable bonds is 9. The minimum atomic E-state index is -1.03. The summed E-state index contributed by atoms with van der Waals surface area (Å²) in [5, 5.41) is 20.3. The molecule has 0 aliphatic rings. The quantitative estimate of drug-likeness (QED) is 0.544. The van der Waals surface area contributed by atoms with Crippen molar-refractivity contribution in [3.8, 4) is 0 Å². The average molecular weight is 306 g/mol. The first-order chi connectivity index (χ1) is 10.2. The van der Waals surface area contributed by atoms with Crippen LogP contribution in [0.5, 0.6) is 0 Å². The van der Waals surface area contributed by atoms with Crippen molar-refractivity contribution in [2.24, 2.45) is 0 Å². The van der Waals surface area contributed by atoms with Gasteiger partial charge in [-0.2, -0.15) is 0 Å². The van der Waals surface area contributed by atoms with E-state index < -0.39 is 18.3 Å². The highest BCUT2D eigenvalue weighted by atomic mass is 16.5. The lowest BCUT2D eigenvalue weighted by Crippen LogP contribution is -2.53. The number of unbranched alkanes of at least 4 members (excludes halogenated alkanes) is 3. The molecule has 1 aromatic rings. The average Bonchev–Trinajstić information content (AvgIpc) is 2.42. The summed E-state index contributed by atoms with van der Waals surface area (Å²) in [5.74, 6) is 0. The minimum absolute atomic E-state index is 0.717. The van der Waals surface area contributed by atoms with Gasteiger partial charge in [0.05, 0.1) is 11.2 Å². The maximum absolute atomic E-state index is 10.2. The normalized spacial score (nSPS) is 12.5. The summed E-state index contributed by atoms with van der Waals surface area (Å²) in [6, 6.07) is 7.90. The molecule has 0 aromatic heterocycles. The molecule has 0 atom stereocenters. The van der Waals surface area contributed by atoms with Crippen LogP contribution in [-0.2, 0) is 11.1 Å². The van der Waals surface area contributed by atoms with Gasteiger partial charge in [-0.1, -0.05) is 50.5 Å². The lowest BCUT2D eigenvalue weighted by atomic mass is 9.76. The molecule has 124 valence electrons. The second kappa shape index (κ2) is 8.14. The summed E-state index contributed by atoms with van der Waals surface area (Å²) in [5.41, 5.74) is 0.127. The zero-order valence-corrected chi connectivity index (χ0v) is 14.7. The summed E-state index contributed by atoms with van der Waals surface area (Å²) < 4.78 is 5.65. The van der Waals surface area contributed by atoms with Crippen LogP contribution in [0.25, 0.3) is 0 Å². The molecule has 4 heteroatoms. The van der Waals surface area contributed by atoms with E-state index in [4.69, 9.17) is 4.65 Å². The van der Waals surface area contributed by atoms with Gasteiger partial charge in [-0.3, -0.25) is 0 Å². The topological polar surface area (TPSA) is 49.7 Å². The van der Waals surface area contributed by atoms with Crippen molar-refractivity contribution in [1.29, 1.82) is 0 Å². The Morgan fingerprint density at radius 2 is 1.59 bits per heavy atom. The SMILES string of the molecule is CCCCCCc1ccc(B(O)OC(C)(C)C(C)(C)O)cc1. The van der Waals surface area contributed by atoms with Crippen LogP contribution in [0.1, 0.15) is 65.9 Å². The van der Waals surface area contributed by atoms with Crippen LogP contribution < -0.4 is 5.46 Å². The zero-order valence-electron chi connectivity index (χ0n) is 14.7. The van der Waals surface area contributed by atoms with Crippen LogP contribution in [0.15, 0.2) is 24.3 Å². The van der Waals surface area contributed by atoms with Crippen LogP contribution in [0.3, 0.4) is 0 Å². The van der Waals surface area contributed by atoms with Crippen LogP contribution in [0, 0.1) is 0 Å². The number of aryl methyl sites for hydroxylation is 1. The second-order valence-electron chi connectivity index (χ2n) is 7.09. The smallest absolute Gasteiger partial charge is 0.423 e. The van der Waals surface area contributed by atoms with Gasteiger partial charge in [0.1, 0.15) is 0 Å². The minimum Gasteiger partial charge on any atom is -0.423 e. The van der Waals surface area contributed by atoms with Crippen molar-refractivity contribution in [3.63, 3.8) is 0 Å². The highest BCUT2D eigenvalue weighted by Crippen LogP contribution is 2.25. The molecule has 0 saturated heterocycles. The molecule has 0 aliphatic carbocycles. The Morgan fingerprint density at radius 3 is 2.09 bits per heavy atom. The molecular formula is C18H31BO3. The van der Waals surface area contributed by atoms with Gasteiger partial charge < -0.3 is 14.8 Å². The number of hydrogen-bond acceptors (Lipinski definition) is 3. The summed E-state index contributed by atoms with van der Waals surface area (Å²) in [7, 11) is -1.03. The number of hydrogen-bond donors (Lipinski definition) is 2. The van der Waals surface area contributed by atoms with E-state index in [1.165, 1.54) is 31.2 Å². The molecule has 0 heterocycles. The fourth-order valence-electron chi connectivity index (χ4n) is 2.10. The predicted molar refractivity (Wildman–Crippen MR) is 93.4 cm³/mol. The molecule has 0 amide bonds. The van der Waals surface area contributed by atoms with Gasteiger partial charge in [-0.05, 0) is 51.6 Å². The standard InChI is InChI=1S/C18H31BO3/c1-6-7-8-9-10-15-11-13-16(14-12-15)19(21)22-18(4,5)17(2,3)20/h11-14,20-21H,6-10H2,1-5H3. The van der Waals surface area contributed by atoms with Crippen molar-refractivity contribution in [2.45, 2.75) is 77.9 Å². The van der Waals surface area contributed by atoms with E-state index in [9.17, 15) is 10.1 Å². The van der Waals surface area contributed by atoms with Crippen molar-refractivity contribution in [3.05, 3.63) is 29.8 Å². The lowest BCUT2D eigenvalue weighted by molar-refractivity contribution is -0.0982. The molecule has 1 rings (SSSR count). The van der Waals surface area contributed by atoms with Gasteiger partial charge in [-0.25, -0.2) is 0 Å². The molecule has 2 N–H and O–H groups in total. The van der Waals surface area contributed by atoms with E-state index >= 15 is 0 Å². The van der Waals surface area contributed by atoms with Gasteiger partial charge in [0.2, 0.25) is 0 Å². The molecule has 0 aliphatic heterocycles. The largest absolute Gasteiger partial charge is 0.491 e. The van der Waals surface area contributed by atoms with Gasteiger partial charge in [0.15, 0.2) is 0 Å². The van der Waals surface area contributed by atoms with Crippen LogP contribution in [0.4, 0.5) is 0 Å². The van der Waals surface area contributed by atoms with Gasteiger partial charge in [0.25, 0.3) is 0 Å². The summed E-state index contributed by atoms with van der Waals surface area (Å²) in [6.45, 7) is 9.13. The van der Waals surface area contributed by atoms with E-state index in [0.29, 0.717) is 0 Å². The third-order valence-electron chi connectivity index (χ3n) is 4.46. The van der Waals surface area contributed by atoms with Gasteiger partial charge >= 0.3 is 7.12 Å². The monoisotopic (exact) mass is 306 g/mol. The van der Waals surface area contributed by atoms with Crippen molar-refractivity contribution in [2.75, 3.05) is 0 Å². The molecule has 1 aromatic carbocycles. The molecule has 0 spiro atoms. The van der Waals surface area contributed by atoms with Crippen LogP contribution >= 0.6 is 0 Å². The third-order valence-corrected chi connectivity index (χ3v) is 4.46. The predicted octanol–water partition coefficient (Wildman–Crippen LogP) is 3.06. The Bertz CT molecular complexity index is 435. The number of benzene rings is 1. The zero-order chi connectivity index (χ0) is 16.8. The van der Waals surface area contributed by atoms with E-state index in [0.717, 1.165) is 11.9 Å². The molecule has 0 bridgehead atoms. The van der Waals surface area contributed by atoms with Crippen molar-refractivity contribution >= 4 is 12.6 Å². The van der Waals surface area contributed by atoms with Crippen molar-refractivity contribution < 1.29 is 14.8 Å². The summed E-state index contributed by atoms with van der Waals surface area (Å²) >= 11 is 0. The first-order valence-electron chi connectivity index (χ1n) is 8.34. The van der Waals surface area contributed by atoms with E-state index in [1.54, 1.807) is 27.7 Å². The molecule has 3 nitrogen and oxygen atoms in total. The summed E-state index contributed by atoms with van der Waals surface area (Å²) in [4.78, 5) is 0. The highest BCUT2D eigenvalue weighted by molar-refractivity contribution is 6.60. The fraction of sp³-hybridized carbons (Fsp3) is 0.667. The second-order valence-corrected chi connectivity index (χ2v) is 7.09. The maximum Gasteiger partial charge on any atom is 0.491 e. The molecule has 0 radical (unpaired) electrons. The number of aliphatic hydroxyl groups is 1. The Hall–Kier alpha value is -0.835. The summed E-state index contributed by atoms with van der Waals surface area (Å²) in [6.07, 6.45) is 6.09. The molecule has 0 unspecified atom stereocenters. The van der Waals surface area contributed by atoms with E-state index in [2.05, 4.69) is 6.92 Å². The lowest BCUT2D eigenvalue weighted by Gasteiger charge is -2.38. The van der Waals surface area contributed by atoms with Gasteiger partial charge in [0, 0.05) is 0 Å². The van der Waals surface area contributed by atoms with E-state index in [1.807, 2.05) is 24.3 Å². The Kier molecular flexibility index (Phi) is 7.11. The molecule has 22 heavy (non-hydrogen) atoms. The molecule has 0 saturated carbocycles. The first kappa shape index (κ1) is 19.2.